The number of amides is 2. The summed E-state index contributed by atoms with van der Waals surface area (Å²) < 4.78 is 42.3. The summed E-state index contributed by atoms with van der Waals surface area (Å²) in [6.45, 7) is 4.71. The van der Waals surface area contributed by atoms with Gasteiger partial charge in [-0.1, -0.05) is 25.5 Å². The van der Waals surface area contributed by atoms with E-state index in [1.165, 1.54) is 9.21 Å². The summed E-state index contributed by atoms with van der Waals surface area (Å²) in [4.78, 5) is 27.7. The van der Waals surface area contributed by atoms with Crippen molar-refractivity contribution < 1.29 is 32.2 Å². The van der Waals surface area contributed by atoms with Gasteiger partial charge in [0.15, 0.2) is 11.5 Å². The van der Waals surface area contributed by atoms with Gasteiger partial charge in [0.2, 0.25) is 28.6 Å². The molecule has 0 saturated carbocycles. The molecular weight excluding hydrogens is 510 g/mol. The summed E-state index contributed by atoms with van der Waals surface area (Å²) in [5, 5.41) is 2.90. The van der Waals surface area contributed by atoms with Crippen molar-refractivity contribution in [3.05, 3.63) is 48.0 Å². The number of ether oxygens (including phenoxy) is 3. The third-order valence-corrected chi connectivity index (χ3v) is 7.50. The fourth-order valence-corrected chi connectivity index (χ4v) is 5.05. The van der Waals surface area contributed by atoms with Crippen molar-refractivity contribution in [2.45, 2.75) is 52.1 Å². The zero-order valence-corrected chi connectivity index (χ0v) is 23.3. The molecule has 1 aliphatic heterocycles. The molecule has 38 heavy (non-hydrogen) atoms. The molecule has 0 saturated heterocycles. The normalized spacial score (nSPS) is 13.1. The number of fused-ring (bicyclic) bond motifs is 1. The van der Waals surface area contributed by atoms with Gasteiger partial charge in [0.05, 0.1) is 19.1 Å². The molecule has 1 aliphatic rings. The highest BCUT2D eigenvalue weighted by atomic mass is 32.2. The second kappa shape index (κ2) is 13.4. The van der Waals surface area contributed by atoms with Crippen LogP contribution in [0.2, 0.25) is 0 Å². The van der Waals surface area contributed by atoms with Crippen LogP contribution in [0.15, 0.2) is 42.5 Å². The van der Waals surface area contributed by atoms with Crippen LogP contribution in [-0.2, 0) is 26.2 Å². The predicted octanol–water partition coefficient (Wildman–Crippen LogP) is 3.30. The number of carbonyl (C=O) groups is 2. The Morgan fingerprint density at radius 2 is 1.79 bits per heavy atom. The van der Waals surface area contributed by atoms with Gasteiger partial charge in [-0.3, -0.25) is 13.9 Å². The largest absolute Gasteiger partial charge is 0.497 e. The van der Waals surface area contributed by atoms with E-state index in [1.54, 1.807) is 44.4 Å². The van der Waals surface area contributed by atoms with Crippen molar-refractivity contribution in [3.8, 4) is 17.2 Å². The summed E-state index contributed by atoms with van der Waals surface area (Å²) in [7, 11) is -2.04. The molecule has 208 valence electrons. The molecule has 0 fully saturated rings. The number of anilines is 1. The Labute approximate surface area is 224 Å². The summed E-state index contributed by atoms with van der Waals surface area (Å²) in [6, 6.07) is 11.5. The van der Waals surface area contributed by atoms with E-state index < -0.39 is 16.1 Å². The maximum absolute atomic E-state index is 13.4. The minimum absolute atomic E-state index is 0.0688. The van der Waals surface area contributed by atoms with Gasteiger partial charge < -0.3 is 24.4 Å². The van der Waals surface area contributed by atoms with Gasteiger partial charge in [-0.15, -0.1) is 0 Å². The first-order valence-corrected chi connectivity index (χ1v) is 14.6. The molecular formula is C27H37N3O7S. The third-order valence-electron chi connectivity index (χ3n) is 6.31. The lowest BCUT2D eigenvalue weighted by atomic mass is 10.1. The molecule has 1 unspecified atom stereocenters. The Kier molecular flexibility index (Phi) is 10.2. The first-order chi connectivity index (χ1) is 18.1. The van der Waals surface area contributed by atoms with Gasteiger partial charge in [0.1, 0.15) is 11.8 Å². The van der Waals surface area contributed by atoms with E-state index in [4.69, 9.17) is 14.2 Å². The first-order valence-electron chi connectivity index (χ1n) is 12.7. The third kappa shape index (κ3) is 7.77. The smallest absolute Gasteiger partial charge is 0.242 e. The van der Waals surface area contributed by atoms with Gasteiger partial charge in [-0.25, -0.2) is 8.42 Å². The standard InChI is InChI=1S/C27H37N3O7S/c1-5-6-15-28-27(32)20(2)29(18-21-9-12-23(35-3)13-10-21)26(31)8-7-16-30(38(4,33)34)22-11-14-24-25(17-22)37-19-36-24/h9-14,17,20H,5-8,15-16,18-19H2,1-4H3,(H,28,32). The Bertz CT molecular complexity index is 1200. The first kappa shape index (κ1) is 29.1. The Hall–Kier alpha value is -3.47. The van der Waals surface area contributed by atoms with Crippen molar-refractivity contribution in [2.24, 2.45) is 0 Å². The van der Waals surface area contributed by atoms with Crippen LogP contribution in [0.4, 0.5) is 5.69 Å². The van der Waals surface area contributed by atoms with Crippen molar-refractivity contribution in [2.75, 3.05) is 37.6 Å². The van der Waals surface area contributed by atoms with Gasteiger partial charge in [0, 0.05) is 32.1 Å². The second-order valence-electron chi connectivity index (χ2n) is 9.17. The predicted molar refractivity (Wildman–Crippen MR) is 145 cm³/mol. The number of methoxy groups -OCH3 is 1. The molecule has 0 radical (unpaired) electrons. The van der Waals surface area contributed by atoms with E-state index in [9.17, 15) is 18.0 Å². The lowest BCUT2D eigenvalue weighted by Crippen LogP contribution is -2.47. The number of rotatable bonds is 14. The molecule has 2 amide bonds. The average molecular weight is 548 g/mol. The van der Waals surface area contributed by atoms with Crippen LogP contribution >= 0.6 is 0 Å². The fraction of sp³-hybridized carbons (Fsp3) is 0.481. The second-order valence-corrected chi connectivity index (χ2v) is 11.1. The van der Waals surface area contributed by atoms with Crippen molar-refractivity contribution in [1.29, 1.82) is 0 Å². The number of hydrogen-bond donors (Lipinski definition) is 1. The quantitative estimate of drug-likeness (QED) is 0.361. The zero-order valence-electron chi connectivity index (χ0n) is 22.4. The molecule has 2 aromatic rings. The van der Waals surface area contributed by atoms with Crippen LogP contribution in [0.3, 0.4) is 0 Å². The number of hydrogen-bond acceptors (Lipinski definition) is 7. The van der Waals surface area contributed by atoms with Crippen LogP contribution in [0.5, 0.6) is 17.2 Å². The molecule has 3 rings (SSSR count). The summed E-state index contributed by atoms with van der Waals surface area (Å²) >= 11 is 0. The van der Waals surface area contributed by atoms with Crippen LogP contribution in [0.25, 0.3) is 0 Å². The fourth-order valence-electron chi connectivity index (χ4n) is 4.09. The molecule has 0 bridgehead atoms. The Balaban J connectivity index is 1.71. The molecule has 1 N–H and O–H groups in total. The molecule has 0 aromatic heterocycles. The van der Waals surface area contributed by atoms with Gasteiger partial charge >= 0.3 is 0 Å². The van der Waals surface area contributed by atoms with Crippen molar-refractivity contribution >= 4 is 27.5 Å². The van der Waals surface area contributed by atoms with Crippen molar-refractivity contribution in [3.63, 3.8) is 0 Å². The molecule has 1 atom stereocenters. The van der Waals surface area contributed by atoms with E-state index in [0.717, 1.165) is 24.7 Å². The molecule has 0 aliphatic carbocycles. The number of nitrogens with one attached hydrogen (secondary N) is 1. The average Bonchev–Trinajstić information content (AvgIpc) is 3.37. The highest BCUT2D eigenvalue weighted by molar-refractivity contribution is 7.92. The van der Waals surface area contributed by atoms with Crippen LogP contribution in [-0.4, -0.2) is 64.4 Å². The number of benzene rings is 2. The van der Waals surface area contributed by atoms with E-state index in [-0.39, 0.29) is 44.5 Å². The number of unbranched alkanes of at least 4 members (excludes halogenated alkanes) is 1. The summed E-state index contributed by atoms with van der Waals surface area (Å²) in [6.07, 6.45) is 3.26. The SMILES string of the molecule is CCCCNC(=O)C(C)N(Cc1ccc(OC)cc1)C(=O)CCCN(c1ccc2c(c1)OCO2)S(C)(=O)=O. The van der Waals surface area contributed by atoms with E-state index >= 15 is 0 Å². The molecule has 10 nitrogen and oxygen atoms in total. The summed E-state index contributed by atoms with van der Waals surface area (Å²) in [5.41, 5.74) is 1.29. The lowest BCUT2D eigenvalue weighted by molar-refractivity contribution is -0.140. The van der Waals surface area contributed by atoms with E-state index in [1.807, 2.05) is 19.1 Å². The maximum atomic E-state index is 13.4. The zero-order chi connectivity index (χ0) is 27.7. The highest BCUT2D eigenvalue weighted by Crippen LogP contribution is 2.36. The number of carbonyl (C=O) groups excluding carboxylic acids is 2. The topological polar surface area (TPSA) is 114 Å². The van der Waals surface area contributed by atoms with E-state index in [0.29, 0.717) is 29.5 Å². The Morgan fingerprint density at radius 3 is 2.45 bits per heavy atom. The highest BCUT2D eigenvalue weighted by Gasteiger charge is 2.27. The lowest BCUT2D eigenvalue weighted by Gasteiger charge is -2.29. The number of sulfonamides is 1. The molecule has 0 spiro atoms. The van der Waals surface area contributed by atoms with Gasteiger partial charge in [-0.2, -0.15) is 0 Å². The van der Waals surface area contributed by atoms with Gasteiger partial charge in [-0.05, 0) is 49.6 Å². The van der Waals surface area contributed by atoms with E-state index in [2.05, 4.69) is 5.32 Å². The molecule has 11 heteroatoms. The minimum Gasteiger partial charge on any atom is -0.497 e. The van der Waals surface area contributed by atoms with Crippen LogP contribution in [0.1, 0.15) is 45.1 Å². The Morgan fingerprint density at radius 1 is 1.08 bits per heavy atom. The van der Waals surface area contributed by atoms with Crippen molar-refractivity contribution in [1.82, 2.24) is 10.2 Å². The number of nitrogens with zero attached hydrogens (tertiary/aromatic N) is 2. The minimum atomic E-state index is -3.62. The monoisotopic (exact) mass is 547 g/mol. The molecule has 1 heterocycles. The molecule has 2 aromatic carbocycles. The van der Waals surface area contributed by atoms with Crippen LogP contribution in [0, 0.1) is 0 Å². The maximum Gasteiger partial charge on any atom is 0.242 e. The summed E-state index contributed by atoms with van der Waals surface area (Å²) in [5.74, 6) is 1.26. The van der Waals surface area contributed by atoms with Gasteiger partial charge in [0.25, 0.3) is 0 Å². The van der Waals surface area contributed by atoms with Crippen LogP contribution < -0.4 is 23.8 Å².